The van der Waals surface area contributed by atoms with Crippen LogP contribution in [0.25, 0.3) is 0 Å². The Morgan fingerprint density at radius 2 is 0.800 bits per heavy atom. The molecule has 0 atom stereocenters. The van der Waals surface area contributed by atoms with Crippen molar-refractivity contribution in [1.29, 1.82) is 0 Å². The first-order valence-electron chi connectivity index (χ1n) is 5.53. The second kappa shape index (κ2) is 62.3. The van der Waals surface area contributed by atoms with Crippen molar-refractivity contribution in [3.05, 3.63) is 33.9 Å². The summed E-state index contributed by atoms with van der Waals surface area (Å²) in [7, 11) is 0. The predicted octanol–water partition coefficient (Wildman–Crippen LogP) is 5.09. The summed E-state index contributed by atoms with van der Waals surface area (Å²) in [5, 5.41) is 0. The van der Waals surface area contributed by atoms with Gasteiger partial charge in [-0.1, -0.05) is 40.0 Å². The molecule has 1 heteroatoms. The van der Waals surface area contributed by atoms with Gasteiger partial charge in [0.05, 0.1) is 0 Å². The monoisotopic (exact) mass is 318 g/mol. The minimum atomic E-state index is 0. The smallest absolute Gasteiger partial charge is 0.521 e. The molecule has 0 aromatic carbocycles. The summed E-state index contributed by atoms with van der Waals surface area (Å²) < 4.78 is 0. The molecular weight excluding hydrogens is 287 g/mol. The Morgan fingerprint density at radius 1 is 0.733 bits per heavy atom. The van der Waals surface area contributed by atoms with Crippen LogP contribution in [0.5, 0.6) is 0 Å². The van der Waals surface area contributed by atoms with Crippen molar-refractivity contribution in [2.75, 3.05) is 0 Å². The minimum absolute atomic E-state index is 0. The second-order valence-electron chi connectivity index (χ2n) is 2.56. The van der Waals surface area contributed by atoms with E-state index in [4.69, 9.17) is 0 Å². The maximum Gasteiger partial charge on any atom is 4.00 e. The summed E-state index contributed by atoms with van der Waals surface area (Å²) in [6.45, 7) is 24.2. The molecule has 0 saturated heterocycles. The maximum absolute atomic E-state index is 4.25. The molecule has 0 amide bonds. The molecule has 0 saturated carbocycles. The zero-order valence-electron chi connectivity index (χ0n) is 11.1. The average molecular weight is 317 g/mol. The van der Waals surface area contributed by atoms with Gasteiger partial charge in [-0.05, 0) is 0 Å². The molecule has 0 spiro atoms. The van der Waals surface area contributed by atoms with Crippen LogP contribution < -0.4 is 0 Å². The zero-order chi connectivity index (χ0) is 12.2. The third kappa shape index (κ3) is 183. The molecule has 0 aromatic rings. The van der Waals surface area contributed by atoms with Gasteiger partial charge in [-0.3, -0.25) is 6.58 Å². The van der Waals surface area contributed by atoms with Crippen LogP contribution in [0.4, 0.5) is 0 Å². The SMILES string of the molecule is [CH-]=C.[CH2-]CCC.[CH2-]CCC.[CH2-]CCC.[Sn+4]. The molecule has 15 heavy (non-hydrogen) atoms. The van der Waals surface area contributed by atoms with Crippen molar-refractivity contribution in [3.63, 3.8) is 0 Å². The molecule has 0 fully saturated rings. The maximum atomic E-state index is 4.25. The molecule has 0 aliphatic carbocycles. The Bertz CT molecular complexity index is 29.1. The van der Waals surface area contributed by atoms with Crippen molar-refractivity contribution >= 4 is 23.9 Å². The first-order valence-corrected chi connectivity index (χ1v) is 5.53. The molecule has 90 valence electrons. The van der Waals surface area contributed by atoms with E-state index in [-0.39, 0.29) is 23.9 Å². The molecule has 0 unspecified atom stereocenters. The Hall–Kier alpha value is 0.539. The summed E-state index contributed by atoms with van der Waals surface area (Å²) >= 11 is 0. The van der Waals surface area contributed by atoms with Crippen molar-refractivity contribution in [2.24, 2.45) is 0 Å². The normalized spacial score (nSPS) is 6.27. The van der Waals surface area contributed by atoms with Crippen LogP contribution in [0, 0.1) is 27.4 Å². The van der Waals surface area contributed by atoms with Gasteiger partial charge in [-0.15, -0.1) is 0 Å². The molecule has 0 aliphatic rings. The molecule has 0 aromatic heterocycles. The summed E-state index contributed by atoms with van der Waals surface area (Å²) in [6, 6.07) is 0. The number of rotatable bonds is 3. The standard InChI is InChI=1S/3C4H9.C2H3.Sn/c3*1-3-4-2;1-2;/h3*1,3-4H2,2H3;1H,2H2;/q4*-1;+4. The Morgan fingerprint density at radius 3 is 0.800 bits per heavy atom. The van der Waals surface area contributed by atoms with Crippen LogP contribution in [0.15, 0.2) is 6.58 Å². The number of unbranched alkanes of at least 4 members (excludes halogenated alkanes) is 3. The zero-order valence-corrected chi connectivity index (χ0v) is 14.0. The molecule has 0 N–H and O–H groups in total. The van der Waals surface area contributed by atoms with Crippen molar-refractivity contribution < 1.29 is 0 Å². The summed E-state index contributed by atoms with van der Waals surface area (Å²) in [5.74, 6) is 0. The van der Waals surface area contributed by atoms with E-state index in [0.717, 1.165) is 19.3 Å². The van der Waals surface area contributed by atoms with E-state index in [0.29, 0.717) is 0 Å². The first kappa shape index (κ1) is 29.6. The van der Waals surface area contributed by atoms with Gasteiger partial charge >= 0.3 is 23.9 Å². The second-order valence-corrected chi connectivity index (χ2v) is 2.56. The summed E-state index contributed by atoms with van der Waals surface area (Å²) in [5.41, 5.74) is 0. The quantitative estimate of drug-likeness (QED) is 0.503. The van der Waals surface area contributed by atoms with E-state index < -0.39 is 0 Å². The number of hydrogen-bond acceptors (Lipinski definition) is 0. The topological polar surface area (TPSA) is 0 Å². The Kier molecular flexibility index (Phi) is 123. The largest absolute Gasteiger partial charge is 4.00 e. The van der Waals surface area contributed by atoms with E-state index >= 15 is 0 Å². The van der Waals surface area contributed by atoms with Crippen LogP contribution in [0.2, 0.25) is 0 Å². The third-order valence-corrected chi connectivity index (χ3v) is 1.06. The van der Waals surface area contributed by atoms with E-state index in [1.54, 1.807) is 0 Å². The van der Waals surface area contributed by atoms with Crippen molar-refractivity contribution in [2.45, 2.75) is 59.3 Å². The molecular formula is C14H30Sn. The Balaban J connectivity index is -0.0000000298. The van der Waals surface area contributed by atoms with E-state index in [9.17, 15) is 0 Å². The fourth-order valence-electron chi connectivity index (χ4n) is 0. The van der Waals surface area contributed by atoms with Gasteiger partial charge in [0.15, 0.2) is 0 Å². The molecule has 0 rings (SSSR count). The molecule has 0 bridgehead atoms. The van der Waals surface area contributed by atoms with E-state index in [1.165, 1.54) is 19.3 Å². The number of hydrogen-bond donors (Lipinski definition) is 0. The van der Waals surface area contributed by atoms with E-state index in [2.05, 4.69) is 54.7 Å². The van der Waals surface area contributed by atoms with Crippen LogP contribution in [-0.4, -0.2) is 23.9 Å². The van der Waals surface area contributed by atoms with Crippen LogP contribution in [0.3, 0.4) is 0 Å². The van der Waals surface area contributed by atoms with E-state index in [1.807, 2.05) is 0 Å². The summed E-state index contributed by atoms with van der Waals surface area (Å²) in [6.07, 6.45) is 6.83. The van der Waals surface area contributed by atoms with Gasteiger partial charge in [0.25, 0.3) is 0 Å². The molecule has 0 radical (unpaired) electrons. The van der Waals surface area contributed by atoms with Crippen LogP contribution in [0.1, 0.15) is 59.3 Å². The van der Waals surface area contributed by atoms with Gasteiger partial charge in [0, 0.05) is 0 Å². The molecule has 0 nitrogen and oxygen atoms in total. The van der Waals surface area contributed by atoms with Gasteiger partial charge in [0.1, 0.15) is 0 Å². The fraction of sp³-hybridized carbons (Fsp3) is 0.643. The molecule has 0 aliphatic heterocycles. The van der Waals surface area contributed by atoms with Gasteiger partial charge in [-0.2, -0.15) is 19.3 Å². The third-order valence-electron chi connectivity index (χ3n) is 1.06. The predicted molar refractivity (Wildman–Crippen MR) is 76.5 cm³/mol. The van der Waals surface area contributed by atoms with Gasteiger partial charge in [-0.25, -0.2) is 0 Å². The van der Waals surface area contributed by atoms with Crippen LogP contribution in [-0.2, 0) is 0 Å². The van der Waals surface area contributed by atoms with Crippen molar-refractivity contribution in [3.8, 4) is 0 Å². The van der Waals surface area contributed by atoms with Gasteiger partial charge in [0.2, 0.25) is 0 Å². The Labute approximate surface area is 117 Å². The molecule has 0 heterocycles. The first-order chi connectivity index (χ1) is 6.74. The van der Waals surface area contributed by atoms with Gasteiger partial charge < -0.3 is 27.4 Å². The van der Waals surface area contributed by atoms with Crippen molar-refractivity contribution in [1.82, 2.24) is 0 Å². The minimum Gasteiger partial charge on any atom is -0.521 e. The average Bonchev–Trinajstić information content (AvgIpc) is 2.31. The van der Waals surface area contributed by atoms with Crippen LogP contribution >= 0.6 is 0 Å². The fourth-order valence-corrected chi connectivity index (χ4v) is 0. The summed E-state index contributed by atoms with van der Waals surface area (Å²) in [4.78, 5) is 0.